The summed E-state index contributed by atoms with van der Waals surface area (Å²) in [6.45, 7) is 12.5. The van der Waals surface area contributed by atoms with Crippen LogP contribution in [0.3, 0.4) is 0 Å². The summed E-state index contributed by atoms with van der Waals surface area (Å²) < 4.78 is 11.6. The zero-order valence-corrected chi connectivity index (χ0v) is 21.2. The fourth-order valence-electron chi connectivity index (χ4n) is 4.92. The first kappa shape index (κ1) is 24.1. The van der Waals surface area contributed by atoms with Gasteiger partial charge in [-0.25, -0.2) is 0 Å². The highest BCUT2D eigenvalue weighted by Gasteiger charge is 2.37. The molecule has 1 aliphatic rings. The molecule has 0 spiro atoms. The van der Waals surface area contributed by atoms with Crippen LogP contribution in [0.2, 0.25) is 0 Å². The molecule has 0 aliphatic heterocycles. The van der Waals surface area contributed by atoms with Crippen LogP contribution in [0.15, 0.2) is 59.0 Å². The summed E-state index contributed by atoms with van der Waals surface area (Å²) in [5.74, 6) is 1.73. The lowest BCUT2D eigenvalue weighted by atomic mass is 9.62. The van der Waals surface area contributed by atoms with E-state index in [-0.39, 0.29) is 16.7 Å². The Bertz CT molecular complexity index is 1140. The maximum Gasteiger partial charge on any atom is 0.287 e. The van der Waals surface area contributed by atoms with E-state index in [1.54, 1.807) is 6.07 Å². The highest BCUT2D eigenvalue weighted by molar-refractivity contribution is 5.91. The summed E-state index contributed by atoms with van der Waals surface area (Å²) in [6.07, 6.45) is 4.07. The molecular weight excluding hydrogens is 422 g/mol. The number of benzene rings is 2. The van der Waals surface area contributed by atoms with Crippen molar-refractivity contribution in [3.05, 3.63) is 88.4 Å². The number of carbonyl (C=O) groups excluding carboxylic acids is 1. The summed E-state index contributed by atoms with van der Waals surface area (Å²) in [5.41, 5.74) is 5.98. The Morgan fingerprint density at radius 1 is 0.941 bits per heavy atom. The van der Waals surface area contributed by atoms with Gasteiger partial charge in [-0.3, -0.25) is 4.79 Å². The Morgan fingerprint density at radius 2 is 1.59 bits per heavy atom. The van der Waals surface area contributed by atoms with Crippen molar-refractivity contribution in [2.45, 2.75) is 71.1 Å². The van der Waals surface area contributed by atoms with Crippen molar-refractivity contribution >= 4 is 5.91 Å². The summed E-state index contributed by atoms with van der Waals surface area (Å²) >= 11 is 0. The number of hydrogen-bond donors (Lipinski definition) is 1. The Balaban J connectivity index is 1.44. The third-order valence-electron chi connectivity index (χ3n) is 7.20. The second-order valence-electron chi connectivity index (χ2n) is 10.6. The van der Waals surface area contributed by atoms with Crippen molar-refractivity contribution in [3.8, 4) is 5.75 Å². The van der Waals surface area contributed by atoms with Gasteiger partial charge in [0.05, 0.1) is 6.54 Å². The van der Waals surface area contributed by atoms with Crippen LogP contribution in [-0.4, -0.2) is 19.1 Å². The number of aryl methyl sites for hydroxylation is 1. The average Bonchev–Trinajstić information content (AvgIpc) is 3.29. The highest BCUT2D eigenvalue weighted by atomic mass is 16.5. The molecular formula is C30H37NO3. The second-order valence-corrected chi connectivity index (χ2v) is 10.6. The lowest BCUT2D eigenvalue weighted by Gasteiger charge is -2.42. The van der Waals surface area contributed by atoms with Gasteiger partial charge >= 0.3 is 0 Å². The smallest absolute Gasteiger partial charge is 0.287 e. The van der Waals surface area contributed by atoms with Crippen LogP contribution in [-0.2, 0) is 23.7 Å². The number of furan rings is 1. The van der Waals surface area contributed by atoms with E-state index < -0.39 is 0 Å². The van der Waals surface area contributed by atoms with Gasteiger partial charge in [0.2, 0.25) is 0 Å². The number of rotatable bonds is 8. The van der Waals surface area contributed by atoms with Gasteiger partial charge in [-0.2, -0.15) is 0 Å². The van der Waals surface area contributed by atoms with E-state index in [4.69, 9.17) is 9.15 Å². The monoisotopic (exact) mass is 459 g/mol. The van der Waals surface area contributed by atoms with E-state index in [1.165, 1.54) is 35.1 Å². The van der Waals surface area contributed by atoms with Crippen molar-refractivity contribution < 1.29 is 13.9 Å². The first-order valence-electron chi connectivity index (χ1n) is 12.4. The molecule has 4 nitrogen and oxygen atoms in total. The number of carbonyl (C=O) groups is 1. The topological polar surface area (TPSA) is 51.5 Å². The molecule has 1 heterocycles. The van der Waals surface area contributed by atoms with E-state index in [2.05, 4.69) is 52.1 Å². The average molecular weight is 460 g/mol. The van der Waals surface area contributed by atoms with Crippen molar-refractivity contribution in [2.75, 3.05) is 13.2 Å². The third-order valence-corrected chi connectivity index (χ3v) is 7.20. The lowest BCUT2D eigenvalue weighted by molar-refractivity contribution is 0.0917. The molecule has 1 aromatic heterocycles. The molecule has 2 aromatic carbocycles. The Morgan fingerprint density at radius 3 is 2.24 bits per heavy atom. The van der Waals surface area contributed by atoms with Gasteiger partial charge in [-0.1, -0.05) is 65.0 Å². The minimum Gasteiger partial charge on any atom is -0.492 e. The van der Waals surface area contributed by atoms with Crippen LogP contribution in [0.25, 0.3) is 0 Å². The van der Waals surface area contributed by atoms with Crippen molar-refractivity contribution in [1.82, 2.24) is 5.32 Å². The van der Waals surface area contributed by atoms with Crippen LogP contribution in [0.1, 0.15) is 86.0 Å². The Kier molecular flexibility index (Phi) is 6.88. The number of ether oxygens (including phenoxy) is 1. The zero-order valence-electron chi connectivity index (χ0n) is 21.2. The number of fused-ring (bicyclic) bond motifs is 1. The number of hydrogen-bond acceptors (Lipinski definition) is 3. The standard InChI is InChI=1S/C30H37NO3/c1-6-21-19-25-26(30(4,5)15-14-29(25,2)3)20-22(21)18-24-12-13-27(34-24)28(32)31-16-17-33-23-10-8-7-9-11-23/h7-13,19-20H,6,14-18H2,1-5H3,(H,31,32). The second kappa shape index (κ2) is 9.69. The Labute approximate surface area is 203 Å². The molecule has 1 N–H and O–H groups in total. The van der Waals surface area contributed by atoms with E-state index in [9.17, 15) is 4.79 Å². The predicted octanol–water partition coefficient (Wildman–Crippen LogP) is 6.59. The normalized spacial score (nSPS) is 16.0. The lowest BCUT2D eigenvalue weighted by Crippen LogP contribution is -2.34. The van der Waals surface area contributed by atoms with Gasteiger partial charge in [0.1, 0.15) is 18.1 Å². The molecule has 0 saturated heterocycles. The first-order chi connectivity index (χ1) is 16.2. The molecule has 0 unspecified atom stereocenters. The molecule has 0 bridgehead atoms. The summed E-state index contributed by atoms with van der Waals surface area (Å²) in [6, 6.07) is 18.1. The van der Waals surface area contributed by atoms with Crippen LogP contribution in [0.4, 0.5) is 0 Å². The van der Waals surface area contributed by atoms with E-state index in [1.807, 2.05) is 36.4 Å². The summed E-state index contributed by atoms with van der Waals surface area (Å²) in [5, 5.41) is 2.87. The third kappa shape index (κ3) is 5.22. The molecule has 4 heteroatoms. The van der Waals surface area contributed by atoms with Gasteiger partial charge in [0.25, 0.3) is 5.91 Å². The molecule has 4 rings (SSSR count). The molecule has 180 valence electrons. The summed E-state index contributed by atoms with van der Waals surface area (Å²) in [4.78, 5) is 12.5. The Hall–Kier alpha value is -3.01. The van der Waals surface area contributed by atoms with Crippen LogP contribution >= 0.6 is 0 Å². The molecule has 0 atom stereocenters. The minimum atomic E-state index is -0.216. The molecule has 34 heavy (non-hydrogen) atoms. The quantitative estimate of drug-likeness (QED) is 0.387. The molecule has 0 fully saturated rings. The van der Waals surface area contributed by atoms with E-state index in [0.717, 1.165) is 17.9 Å². The molecule has 1 aliphatic carbocycles. The van der Waals surface area contributed by atoms with Crippen LogP contribution in [0, 0.1) is 0 Å². The first-order valence-corrected chi connectivity index (χ1v) is 12.4. The van der Waals surface area contributed by atoms with Crippen LogP contribution < -0.4 is 10.1 Å². The largest absolute Gasteiger partial charge is 0.492 e. The number of nitrogens with one attached hydrogen (secondary N) is 1. The fraction of sp³-hybridized carbons (Fsp3) is 0.433. The molecule has 0 radical (unpaired) electrons. The van der Waals surface area contributed by atoms with E-state index in [0.29, 0.717) is 25.3 Å². The van der Waals surface area contributed by atoms with E-state index >= 15 is 0 Å². The van der Waals surface area contributed by atoms with Gasteiger partial charge < -0.3 is 14.5 Å². The number of amides is 1. The van der Waals surface area contributed by atoms with Crippen molar-refractivity contribution in [2.24, 2.45) is 0 Å². The minimum absolute atomic E-state index is 0.169. The zero-order chi connectivity index (χ0) is 24.3. The SMILES string of the molecule is CCc1cc2c(cc1Cc1ccc(C(=O)NCCOc3ccccc3)o1)C(C)(C)CCC2(C)C. The predicted molar refractivity (Wildman–Crippen MR) is 137 cm³/mol. The fourth-order valence-corrected chi connectivity index (χ4v) is 4.92. The van der Waals surface area contributed by atoms with Crippen molar-refractivity contribution in [3.63, 3.8) is 0 Å². The number of para-hydroxylation sites is 1. The maximum atomic E-state index is 12.5. The molecule has 1 amide bonds. The van der Waals surface area contributed by atoms with Gasteiger partial charge in [-0.05, 0) is 76.6 Å². The van der Waals surface area contributed by atoms with Gasteiger partial charge in [-0.15, -0.1) is 0 Å². The van der Waals surface area contributed by atoms with Crippen molar-refractivity contribution in [1.29, 1.82) is 0 Å². The molecule has 0 saturated carbocycles. The van der Waals surface area contributed by atoms with Crippen LogP contribution in [0.5, 0.6) is 5.75 Å². The highest BCUT2D eigenvalue weighted by Crippen LogP contribution is 2.46. The summed E-state index contributed by atoms with van der Waals surface area (Å²) in [7, 11) is 0. The van der Waals surface area contributed by atoms with Gasteiger partial charge in [0, 0.05) is 6.42 Å². The van der Waals surface area contributed by atoms with Gasteiger partial charge in [0.15, 0.2) is 5.76 Å². The maximum absolute atomic E-state index is 12.5. The molecule has 3 aromatic rings.